The predicted molar refractivity (Wildman–Crippen MR) is 143 cm³/mol. The number of rotatable bonds is 5. The van der Waals surface area contributed by atoms with Crippen LogP contribution in [-0.2, 0) is 22.5 Å². The fourth-order valence-corrected chi connectivity index (χ4v) is 6.17. The van der Waals surface area contributed by atoms with E-state index in [4.69, 9.17) is 28.3 Å². The van der Waals surface area contributed by atoms with Gasteiger partial charge in [-0.25, -0.2) is 0 Å². The van der Waals surface area contributed by atoms with Gasteiger partial charge in [0.1, 0.15) is 13.9 Å². The van der Waals surface area contributed by atoms with E-state index in [-0.39, 0.29) is 29.3 Å². The van der Waals surface area contributed by atoms with Crippen LogP contribution >= 0.6 is 0 Å². The lowest BCUT2D eigenvalue weighted by atomic mass is 9.54. The molecule has 0 spiro atoms. The van der Waals surface area contributed by atoms with Crippen LogP contribution in [0.15, 0.2) is 24.4 Å². The van der Waals surface area contributed by atoms with Crippen LogP contribution in [0.5, 0.6) is 0 Å². The highest BCUT2D eigenvalue weighted by Crippen LogP contribution is 2.42. The summed E-state index contributed by atoms with van der Waals surface area (Å²) < 4.78 is 6.22. The lowest BCUT2D eigenvalue weighted by Gasteiger charge is -2.47. The number of benzene rings is 1. The van der Waals surface area contributed by atoms with Gasteiger partial charge in [0, 0.05) is 30.5 Å². The largest absolute Gasteiger partial charge is 0.376 e. The first-order chi connectivity index (χ1) is 17.1. The van der Waals surface area contributed by atoms with E-state index in [1.54, 1.807) is 4.90 Å². The van der Waals surface area contributed by atoms with Crippen LogP contribution in [-0.4, -0.2) is 70.5 Å². The predicted octanol–water partition coefficient (Wildman–Crippen LogP) is 1.69. The van der Waals surface area contributed by atoms with Gasteiger partial charge in [-0.15, -0.1) is 0 Å². The molecule has 0 bridgehead atoms. The highest BCUT2D eigenvalue weighted by atomic mass is 16.5. The van der Waals surface area contributed by atoms with Crippen LogP contribution in [0.2, 0.25) is 5.31 Å². The first kappa shape index (κ1) is 25.7. The molecule has 2 amide bonds. The van der Waals surface area contributed by atoms with Gasteiger partial charge >= 0.3 is 0 Å². The molecule has 2 saturated heterocycles. The molecule has 2 N–H and O–H groups in total. The molecule has 0 aromatic heterocycles. The molecule has 3 fully saturated rings. The Kier molecular flexibility index (Phi) is 6.92. The third kappa shape index (κ3) is 5.06. The van der Waals surface area contributed by atoms with Crippen molar-refractivity contribution >= 4 is 40.8 Å². The maximum Gasteiger partial charge on any atom is 0.255 e. The first-order valence-electron chi connectivity index (χ1n) is 13.2. The molecule has 184 valence electrons. The Morgan fingerprint density at radius 2 is 1.94 bits per heavy atom. The van der Waals surface area contributed by atoms with Gasteiger partial charge in [-0.05, 0) is 62.0 Å². The van der Waals surface area contributed by atoms with Crippen LogP contribution in [0.1, 0.15) is 79.8 Å². The number of hydrogen-bond donors (Lipinski definition) is 2. The Labute approximate surface area is 218 Å². The molecule has 2 unspecified atom stereocenters. The third-order valence-corrected chi connectivity index (χ3v) is 8.58. The minimum Gasteiger partial charge on any atom is -0.376 e. The van der Waals surface area contributed by atoms with Crippen molar-refractivity contribution in [3.8, 4) is 0 Å². The fraction of sp³-hybridized carbons (Fsp3) is 0.630. The van der Waals surface area contributed by atoms with Gasteiger partial charge < -0.3 is 20.3 Å². The number of carbonyl (C=O) groups is 2. The molecule has 6 nitrogen and oxygen atoms in total. The van der Waals surface area contributed by atoms with Gasteiger partial charge in [-0.2, -0.15) is 0 Å². The zero-order chi connectivity index (χ0) is 25.7. The number of amides is 2. The van der Waals surface area contributed by atoms with Crippen molar-refractivity contribution < 1.29 is 14.3 Å². The monoisotopic (exact) mass is 481 g/mol. The number of carbonyl (C=O) groups excluding carboxylic acids is 2. The molecule has 1 aromatic rings. The Balaban J connectivity index is 1.30. The number of piperidine rings is 1. The molecule has 1 aromatic carbocycles. The molecule has 4 aliphatic rings. The minimum atomic E-state index is -0.500. The summed E-state index contributed by atoms with van der Waals surface area (Å²) in [4.78, 5) is 27.3. The summed E-state index contributed by atoms with van der Waals surface area (Å²) in [5, 5.41) is 6.35. The lowest BCUT2D eigenvalue weighted by molar-refractivity contribution is -0.126. The summed E-state index contributed by atoms with van der Waals surface area (Å²) in [7, 11) is 19.7. The molecule has 1 saturated carbocycles. The Morgan fingerprint density at radius 3 is 2.67 bits per heavy atom. The maximum absolute atomic E-state index is 13.1. The fourth-order valence-electron chi connectivity index (χ4n) is 6.17. The van der Waals surface area contributed by atoms with Crippen LogP contribution in [0.4, 0.5) is 0 Å². The highest BCUT2D eigenvalue weighted by Gasteiger charge is 2.40. The van der Waals surface area contributed by atoms with Crippen LogP contribution in [0.3, 0.4) is 0 Å². The van der Waals surface area contributed by atoms with E-state index < -0.39 is 11.5 Å². The highest BCUT2D eigenvalue weighted by molar-refractivity contribution is 6.35. The van der Waals surface area contributed by atoms with E-state index in [0.29, 0.717) is 49.1 Å². The van der Waals surface area contributed by atoms with E-state index in [9.17, 15) is 9.59 Å². The normalized spacial score (nSPS) is 35.0. The molecule has 3 atom stereocenters. The molecule has 5 rings (SSSR count). The summed E-state index contributed by atoms with van der Waals surface area (Å²) in [6.07, 6.45) is 7.25. The number of nitrogens with zero attached hydrogens (tertiary/aromatic N) is 1. The second kappa shape index (κ2) is 9.72. The Hall–Kier alpha value is -1.99. The van der Waals surface area contributed by atoms with Crippen molar-refractivity contribution in [2.45, 2.75) is 100 Å². The summed E-state index contributed by atoms with van der Waals surface area (Å²) >= 11 is 0. The van der Waals surface area contributed by atoms with Crippen molar-refractivity contribution in [3.63, 3.8) is 0 Å². The molecular weight excluding hydrogens is 447 g/mol. The molecule has 1 aliphatic carbocycles. The van der Waals surface area contributed by atoms with Gasteiger partial charge in [0.25, 0.3) is 5.91 Å². The molecule has 36 heavy (non-hydrogen) atoms. The van der Waals surface area contributed by atoms with Crippen molar-refractivity contribution in [1.82, 2.24) is 15.5 Å². The SMILES string of the molecule is [B]c1c(C[C@H]2OCCCC2NC2([B])CCC([B])(C)CC2)ccc2c1CN(C1CCC(=C)NC1=O)C2=O. The average Bonchev–Trinajstić information content (AvgIpc) is 3.16. The van der Waals surface area contributed by atoms with Crippen molar-refractivity contribution in [2.75, 3.05) is 6.61 Å². The van der Waals surface area contributed by atoms with Gasteiger partial charge in [0.2, 0.25) is 5.91 Å². The second-order valence-corrected chi connectivity index (χ2v) is 11.6. The smallest absolute Gasteiger partial charge is 0.255 e. The number of nitrogens with one attached hydrogen (secondary N) is 2. The van der Waals surface area contributed by atoms with Gasteiger partial charge in [-0.1, -0.05) is 48.8 Å². The first-order valence-corrected chi connectivity index (χ1v) is 13.2. The molecule has 9 heteroatoms. The van der Waals surface area contributed by atoms with Crippen molar-refractivity contribution in [2.24, 2.45) is 0 Å². The topological polar surface area (TPSA) is 70.7 Å². The summed E-state index contributed by atoms with van der Waals surface area (Å²) in [5.74, 6) is -0.317. The van der Waals surface area contributed by atoms with E-state index in [0.717, 1.165) is 49.7 Å². The number of hydrogen-bond acceptors (Lipinski definition) is 4. The zero-order valence-corrected chi connectivity index (χ0v) is 21.3. The standard InChI is InChI=1S/C27H34B3N3O3/c1-16-5-8-21(24(34)31-16)33-15-19-18(25(33)35)7-6-17(23(19)28)14-22-20(4-3-13-36-22)32-27(30)11-9-26(2,29)10-12-27/h6-7,20-22,32H,1,3-5,8-15H2,2H3,(H,31,34)/t20?,21?,22-,26?,27?/m1/s1. The molecule has 3 aliphatic heterocycles. The van der Waals surface area contributed by atoms with Crippen LogP contribution in [0, 0.1) is 0 Å². The average molecular weight is 481 g/mol. The van der Waals surface area contributed by atoms with Gasteiger partial charge in [0.15, 0.2) is 0 Å². The summed E-state index contributed by atoms with van der Waals surface area (Å²) in [6, 6.07) is 3.41. The molecule has 3 heterocycles. The van der Waals surface area contributed by atoms with E-state index in [2.05, 4.69) is 24.1 Å². The van der Waals surface area contributed by atoms with Crippen LogP contribution in [0.25, 0.3) is 0 Å². The molecule has 6 radical (unpaired) electrons. The zero-order valence-electron chi connectivity index (χ0n) is 21.3. The number of allylic oxidation sites excluding steroid dienone is 1. The van der Waals surface area contributed by atoms with Gasteiger partial charge in [0.05, 0.1) is 21.8 Å². The van der Waals surface area contributed by atoms with E-state index in [1.807, 2.05) is 12.1 Å². The number of fused-ring (bicyclic) bond motifs is 1. The van der Waals surface area contributed by atoms with Crippen molar-refractivity contribution in [3.05, 3.63) is 41.1 Å². The van der Waals surface area contributed by atoms with E-state index >= 15 is 0 Å². The second-order valence-electron chi connectivity index (χ2n) is 11.6. The van der Waals surface area contributed by atoms with Crippen LogP contribution < -0.4 is 16.1 Å². The third-order valence-electron chi connectivity index (χ3n) is 8.58. The summed E-state index contributed by atoms with van der Waals surface area (Å²) in [5.41, 5.74) is 3.23. The van der Waals surface area contributed by atoms with Crippen molar-refractivity contribution in [1.29, 1.82) is 0 Å². The molecular formula is C27H34B3N3O3. The Bertz CT molecular complexity index is 1070. The quantitative estimate of drug-likeness (QED) is 0.629. The summed E-state index contributed by atoms with van der Waals surface area (Å²) in [6.45, 7) is 6.98. The minimum absolute atomic E-state index is 0.0611. The Morgan fingerprint density at radius 1 is 1.19 bits per heavy atom. The van der Waals surface area contributed by atoms with E-state index in [1.165, 1.54) is 0 Å². The van der Waals surface area contributed by atoms with Gasteiger partial charge in [-0.3, -0.25) is 9.59 Å². The number of ether oxygens (including phenoxy) is 1. The lowest BCUT2D eigenvalue weighted by Crippen LogP contribution is -2.58. The maximum atomic E-state index is 13.1.